The number of carbonyl (C=O) groups excluding carboxylic acids is 2. The summed E-state index contributed by atoms with van der Waals surface area (Å²) in [4.78, 5) is 28.3. The second kappa shape index (κ2) is 14.5. The van der Waals surface area contributed by atoms with Crippen molar-refractivity contribution in [2.75, 3.05) is 37.9 Å². The predicted molar refractivity (Wildman–Crippen MR) is 151 cm³/mol. The molecule has 1 N–H and O–H groups in total. The number of nitrogens with zero attached hydrogens (tertiary/aromatic N) is 2. The molecule has 0 saturated heterocycles. The minimum atomic E-state index is -3.95. The van der Waals surface area contributed by atoms with Crippen LogP contribution in [0.3, 0.4) is 0 Å². The average Bonchev–Trinajstić information content (AvgIpc) is 2.87. The Labute approximate surface area is 235 Å². The molecule has 1 atom stereocenters. The lowest BCUT2D eigenvalue weighted by Gasteiger charge is -2.33. The summed E-state index contributed by atoms with van der Waals surface area (Å²) >= 11 is 12.8. The Hall–Kier alpha value is -2.69. The highest BCUT2D eigenvalue weighted by atomic mass is 35.5. The Morgan fingerprint density at radius 2 is 1.71 bits per heavy atom. The first-order chi connectivity index (χ1) is 18.0. The molecule has 0 fully saturated rings. The fraction of sp³-hybridized carbons (Fsp3) is 0.462. The van der Waals surface area contributed by atoms with Gasteiger partial charge in [-0.05, 0) is 37.1 Å². The van der Waals surface area contributed by atoms with Gasteiger partial charge in [-0.1, -0.05) is 49.5 Å². The zero-order chi connectivity index (χ0) is 28.5. The molecule has 210 valence electrons. The van der Waals surface area contributed by atoms with E-state index in [1.54, 1.807) is 31.2 Å². The molecular weight excluding hydrogens is 553 g/mol. The van der Waals surface area contributed by atoms with Crippen molar-refractivity contribution in [3.63, 3.8) is 0 Å². The lowest BCUT2D eigenvalue weighted by atomic mass is 10.1. The number of methoxy groups -OCH3 is 2. The number of hydrogen-bond acceptors (Lipinski definition) is 6. The molecule has 12 heteroatoms. The summed E-state index contributed by atoms with van der Waals surface area (Å²) in [5.41, 5.74) is 0.609. The highest BCUT2D eigenvalue weighted by Gasteiger charge is 2.33. The summed E-state index contributed by atoms with van der Waals surface area (Å²) in [6.45, 7) is 3.57. The van der Waals surface area contributed by atoms with Gasteiger partial charge in [-0.2, -0.15) is 0 Å². The monoisotopic (exact) mass is 587 g/mol. The first-order valence-electron chi connectivity index (χ1n) is 12.2. The van der Waals surface area contributed by atoms with Crippen LogP contribution in [0, 0.1) is 0 Å². The molecular formula is C26H35Cl2N3O6S. The molecule has 38 heavy (non-hydrogen) atoms. The Bertz CT molecular complexity index is 1210. The molecule has 0 aliphatic carbocycles. The van der Waals surface area contributed by atoms with Gasteiger partial charge < -0.3 is 19.7 Å². The van der Waals surface area contributed by atoms with Gasteiger partial charge >= 0.3 is 0 Å². The summed E-state index contributed by atoms with van der Waals surface area (Å²) in [5, 5.41) is 3.52. The summed E-state index contributed by atoms with van der Waals surface area (Å²) in [6, 6.07) is 8.66. The molecule has 0 aromatic heterocycles. The lowest BCUT2D eigenvalue weighted by Crippen LogP contribution is -2.52. The van der Waals surface area contributed by atoms with Crippen LogP contribution in [-0.4, -0.2) is 64.7 Å². The number of hydrogen-bond donors (Lipinski definition) is 1. The van der Waals surface area contributed by atoms with Crippen LogP contribution < -0.4 is 19.1 Å². The van der Waals surface area contributed by atoms with Gasteiger partial charge in [0.05, 0.1) is 26.2 Å². The zero-order valence-electron chi connectivity index (χ0n) is 22.3. The second-order valence-electron chi connectivity index (χ2n) is 8.60. The van der Waals surface area contributed by atoms with E-state index in [-0.39, 0.29) is 30.3 Å². The minimum Gasteiger partial charge on any atom is -0.497 e. The van der Waals surface area contributed by atoms with Crippen molar-refractivity contribution >= 4 is 50.7 Å². The van der Waals surface area contributed by atoms with E-state index in [4.69, 9.17) is 32.7 Å². The fourth-order valence-corrected chi connectivity index (χ4v) is 5.24. The first kappa shape index (κ1) is 31.5. The molecule has 2 aromatic carbocycles. The molecule has 0 radical (unpaired) electrons. The third-order valence-electron chi connectivity index (χ3n) is 5.94. The maximum Gasteiger partial charge on any atom is 0.244 e. The van der Waals surface area contributed by atoms with Crippen LogP contribution in [-0.2, 0) is 26.2 Å². The molecule has 2 amide bonds. The van der Waals surface area contributed by atoms with Crippen molar-refractivity contribution in [2.45, 2.75) is 45.7 Å². The fourth-order valence-electron chi connectivity index (χ4n) is 3.87. The number of carbonyl (C=O) groups is 2. The summed E-state index contributed by atoms with van der Waals surface area (Å²) in [7, 11) is -1.08. The summed E-state index contributed by atoms with van der Waals surface area (Å²) in [5.74, 6) is -0.296. The number of amides is 2. The number of unbranched alkanes of at least 4 members (excludes halogenated alkanes) is 1. The van der Waals surface area contributed by atoms with Gasteiger partial charge in [0.15, 0.2) is 0 Å². The van der Waals surface area contributed by atoms with Crippen LogP contribution in [0.4, 0.5) is 5.69 Å². The van der Waals surface area contributed by atoms with Crippen LogP contribution in [0.25, 0.3) is 0 Å². The van der Waals surface area contributed by atoms with Gasteiger partial charge in [0.1, 0.15) is 24.1 Å². The van der Waals surface area contributed by atoms with Crippen LogP contribution in [0.5, 0.6) is 11.5 Å². The highest BCUT2D eigenvalue weighted by Crippen LogP contribution is 2.34. The third-order valence-corrected chi connectivity index (χ3v) is 7.78. The van der Waals surface area contributed by atoms with Gasteiger partial charge in [-0.15, -0.1) is 0 Å². The Balaban J connectivity index is 2.53. The Morgan fingerprint density at radius 3 is 2.24 bits per heavy atom. The van der Waals surface area contributed by atoms with Crippen molar-refractivity contribution in [2.24, 2.45) is 0 Å². The van der Waals surface area contributed by atoms with Crippen molar-refractivity contribution in [1.82, 2.24) is 10.2 Å². The SMILES string of the molecule is CCCCNC(=O)[C@@H](CC)N(Cc1c(Cl)cccc1Cl)C(=O)CN(c1ccc(OC)cc1OC)S(C)(=O)=O. The first-order valence-corrected chi connectivity index (χ1v) is 14.8. The number of nitrogens with one attached hydrogen (secondary N) is 1. The van der Waals surface area contributed by atoms with Gasteiger partial charge in [0.25, 0.3) is 0 Å². The maximum absolute atomic E-state index is 13.8. The maximum atomic E-state index is 13.8. The lowest BCUT2D eigenvalue weighted by molar-refractivity contribution is -0.140. The van der Waals surface area contributed by atoms with Crippen molar-refractivity contribution in [1.29, 1.82) is 0 Å². The van der Waals surface area contributed by atoms with Gasteiger partial charge in [0.2, 0.25) is 21.8 Å². The van der Waals surface area contributed by atoms with E-state index < -0.39 is 28.5 Å². The van der Waals surface area contributed by atoms with Crippen LogP contribution in [0.2, 0.25) is 10.0 Å². The summed E-state index contributed by atoms with van der Waals surface area (Å²) < 4.78 is 37.3. The molecule has 0 heterocycles. The number of anilines is 1. The van der Waals surface area contributed by atoms with Crippen molar-refractivity contribution in [3.05, 3.63) is 52.0 Å². The molecule has 0 saturated carbocycles. The van der Waals surface area contributed by atoms with Crippen molar-refractivity contribution in [3.8, 4) is 11.5 Å². The molecule has 0 aliphatic rings. The Morgan fingerprint density at radius 1 is 1.05 bits per heavy atom. The van der Waals surface area contributed by atoms with Crippen molar-refractivity contribution < 1.29 is 27.5 Å². The van der Waals surface area contributed by atoms with Crippen LogP contribution in [0.1, 0.15) is 38.7 Å². The number of sulfonamides is 1. The molecule has 0 spiro atoms. The smallest absolute Gasteiger partial charge is 0.244 e. The number of halogens is 2. The molecule has 2 rings (SSSR count). The predicted octanol–water partition coefficient (Wildman–Crippen LogP) is 4.50. The average molecular weight is 589 g/mol. The van der Waals surface area contributed by atoms with Gasteiger partial charge in [-0.3, -0.25) is 13.9 Å². The van der Waals surface area contributed by atoms with E-state index in [1.807, 2.05) is 6.92 Å². The quantitative estimate of drug-likeness (QED) is 0.326. The Kier molecular flexibility index (Phi) is 12.0. The van der Waals surface area contributed by atoms with E-state index in [0.29, 0.717) is 27.9 Å². The van der Waals surface area contributed by atoms with E-state index in [1.165, 1.54) is 31.3 Å². The van der Waals surface area contributed by atoms with E-state index >= 15 is 0 Å². The topological polar surface area (TPSA) is 105 Å². The third kappa shape index (κ3) is 8.15. The normalized spacial score (nSPS) is 12.0. The largest absolute Gasteiger partial charge is 0.497 e. The molecule has 2 aromatic rings. The highest BCUT2D eigenvalue weighted by molar-refractivity contribution is 7.92. The van der Waals surface area contributed by atoms with Crippen LogP contribution in [0.15, 0.2) is 36.4 Å². The zero-order valence-corrected chi connectivity index (χ0v) is 24.6. The number of benzene rings is 2. The minimum absolute atomic E-state index is 0.0889. The van der Waals surface area contributed by atoms with Crippen LogP contribution >= 0.6 is 23.2 Å². The van der Waals surface area contributed by atoms with E-state index in [2.05, 4.69) is 5.32 Å². The number of rotatable bonds is 14. The van der Waals surface area contributed by atoms with Gasteiger partial charge in [-0.25, -0.2) is 8.42 Å². The second-order valence-corrected chi connectivity index (χ2v) is 11.3. The van der Waals surface area contributed by atoms with Gasteiger partial charge in [0, 0.05) is 34.8 Å². The molecule has 0 aliphatic heterocycles. The van der Waals surface area contributed by atoms with E-state index in [9.17, 15) is 18.0 Å². The molecule has 9 nitrogen and oxygen atoms in total. The standard InChI is InChI=1S/C26H35Cl2N3O6S/c1-6-8-14-29-26(33)22(7-2)30(16-19-20(27)10-9-11-21(19)28)25(32)17-31(38(5,34)35)23-13-12-18(36-3)15-24(23)37-4/h9-13,15,22H,6-8,14,16-17H2,1-5H3,(H,29,33)/t22-/m1/s1. The number of ether oxygens (including phenoxy) is 2. The van der Waals surface area contributed by atoms with E-state index in [0.717, 1.165) is 23.4 Å². The molecule has 0 unspecified atom stereocenters. The molecule has 0 bridgehead atoms. The summed E-state index contributed by atoms with van der Waals surface area (Å²) in [6.07, 6.45) is 2.96.